The van der Waals surface area contributed by atoms with Gasteiger partial charge in [-0.25, -0.2) is 9.97 Å². The summed E-state index contributed by atoms with van der Waals surface area (Å²) in [4.78, 5) is 8.39. The molecule has 17 heavy (non-hydrogen) atoms. The zero-order chi connectivity index (χ0) is 12.3. The summed E-state index contributed by atoms with van der Waals surface area (Å²) >= 11 is 5.87. The van der Waals surface area contributed by atoms with Crippen LogP contribution in [-0.4, -0.2) is 14.5 Å². The van der Waals surface area contributed by atoms with Crippen molar-refractivity contribution >= 4 is 17.3 Å². The van der Waals surface area contributed by atoms with Crippen LogP contribution in [0.25, 0.3) is 0 Å². The van der Waals surface area contributed by atoms with Crippen molar-refractivity contribution in [1.82, 2.24) is 14.5 Å². The van der Waals surface area contributed by atoms with Gasteiger partial charge in [-0.2, -0.15) is 0 Å². The molecule has 0 atom stereocenters. The molecule has 0 radical (unpaired) electrons. The van der Waals surface area contributed by atoms with Crippen molar-refractivity contribution in [2.75, 3.05) is 5.32 Å². The largest absolute Gasteiger partial charge is 0.377 e. The molecule has 0 saturated carbocycles. The van der Waals surface area contributed by atoms with Crippen LogP contribution in [0.2, 0.25) is 5.15 Å². The first-order valence-electron chi connectivity index (χ1n) is 5.56. The predicted octanol–water partition coefficient (Wildman–Crippen LogP) is 2.87. The van der Waals surface area contributed by atoms with Crippen LogP contribution >= 0.6 is 11.6 Å². The van der Waals surface area contributed by atoms with Gasteiger partial charge in [0.2, 0.25) is 0 Å². The van der Waals surface area contributed by atoms with E-state index in [1.807, 2.05) is 25.4 Å². The Balaban J connectivity index is 2.05. The molecular weight excluding hydrogens is 236 g/mol. The molecule has 1 N–H and O–H groups in total. The number of nitrogens with one attached hydrogen (secondary N) is 1. The van der Waals surface area contributed by atoms with Gasteiger partial charge < -0.3 is 9.88 Å². The van der Waals surface area contributed by atoms with Gasteiger partial charge >= 0.3 is 0 Å². The van der Waals surface area contributed by atoms with Crippen LogP contribution in [-0.2, 0) is 13.1 Å². The van der Waals surface area contributed by atoms with E-state index < -0.39 is 0 Å². The van der Waals surface area contributed by atoms with E-state index in [-0.39, 0.29) is 0 Å². The van der Waals surface area contributed by atoms with E-state index in [0.717, 1.165) is 23.6 Å². The van der Waals surface area contributed by atoms with Crippen LogP contribution in [0.15, 0.2) is 24.7 Å². The molecule has 0 amide bonds. The van der Waals surface area contributed by atoms with Gasteiger partial charge in [0.15, 0.2) is 0 Å². The molecule has 5 heteroatoms. The Bertz CT molecular complexity index is 507. The number of anilines is 1. The molecule has 0 bridgehead atoms. The fraction of sp³-hybridized carbons (Fsp3) is 0.333. The van der Waals surface area contributed by atoms with Crippen molar-refractivity contribution < 1.29 is 0 Å². The van der Waals surface area contributed by atoms with E-state index in [9.17, 15) is 0 Å². The quantitative estimate of drug-likeness (QED) is 0.849. The second-order valence-corrected chi connectivity index (χ2v) is 4.17. The van der Waals surface area contributed by atoms with Gasteiger partial charge in [0.05, 0.1) is 18.4 Å². The summed E-state index contributed by atoms with van der Waals surface area (Å²) in [6, 6.07) is 1.98. The monoisotopic (exact) mass is 250 g/mol. The van der Waals surface area contributed by atoms with Gasteiger partial charge in [-0.3, -0.25) is 0 Å². The van der Waals surface area contributed by atoms with E-state index >= 15 is 0 Å². The summed E-state index contributed by atoms with van der Waals surface area (Å²) in [5.74, 6) is 1.01. The number of rotatable bonds is 4. The van der Waals surface area contributed by atoms with E-state index in [2.05, 4.69) is 26.8 Å². The van der Waals surface area contributed by atoms with Crippen LogP contribution < -0.4 is 5.32 Å². The van der Waals surface area contributed by atoms with Crippen molar-refractivity contribution in [2.24, 2.45) is 0 Å². The average molecular weight is 251 g/mol. The maximum atomic E-state index is 5.87. The van der Waals surface area contributed by atoms with Crippen LogP contribution in [0.3, 0.4) is 0 Å². The van der Waals surface area contributed by atoms with Gasteiger partial charge in [-0.05, 0) is 25.5 Å². The standard InChI is InChI=1S/C12H15ClN4/c1-3-17-5-4-14-11(17)8-15-10-6-9(2)12(13)16-7-10/h4-7,15H,3,8H2,1-2H3. The zero-order valence-electron chi connectivity index (χ0n) is 9.94. The van der Waals surface area contributed by atoms with E-state index in [4.69, 9.17) is 11.6 Å². The molecule has 90 valence electrons. The first kappa shape index (κ1) is 11.9. The summed E-state index contributed by atoms with van der Waals surface area (Å²) in [7, 11) is 0. The first-order valence-corrected chi connectivity index (χ1v) is 5.94. The Morgan fingerprint density at radius 1 is 1.41 bits per heavy atom. The zero-order valence-corrected chi connectivity index (χ0v) is 10.7. The Morgan fingerprint density at radius 3 is 2.94 bits per heavy atom. The highest BCUT2D eigenvalue weighted by Crippen LogP contribution is 2.16. The van der Waals surface area contributed by atoms with Crippen molar-refractivity contribution in [3.05, 3.63) is 41.2 Å². The number of nitrogens with zero attached hydrogens (tertiary/aromatic N) is 3. The van der Waals surface area contributed by atoms with Gasteiger partial charge in [-0.15, -0.1) is 0 Å². The number of aryl methyl sites for hydroxylation is 2. The molecule has 0 aliphatic rings. The summed E-state index contributed by atoms with van der Waals surface area (Å²) < 4.78 is 2.10. The van der Waals surface area contributed by atoms with Gasteiger partial charge in [0.1, 0.15) is 11.0 Å². The lowest BCUT2D eigenvalue weighted by molar-refractivity contribution is 0.708. The van der Waals surface area contributed by atoms with Gasteiger partial charge in [0, 0.05) is 18.9 Å². The Kier molecular flexibility index (Phi) is 3.64. The third-order valence-corrected chi connectivity index (χ3v) is 3.00. The fourth-order valence-electron chi connectivity index (χ4n) is 1.63. The molecule has 0 unspecified atom stereocenters. The van der Waals surface area contributed by atoms with Crippen LogP contribution in [0.5, 0.6) is 0 Å². The van der Waals surface area contributed by atoms with Crippen LogP contribution in [0.4, 0.5) is 5.69 Å². The summed E-state index contributed by atoms with van der Waals surface area (Å²) in [5.41, 5.74) is 1.92. The van der Waals surface area contributed by atoms with E-state index in [1.165, 1.54) is 0 Å². The van der Waals surface area contributed by atoms with Gasteiger partial charge in [0.25, 0.3) is 0 Å². The lowest BCUT2D eigenvalue weighted by atomic mass is 10.3. The van der Waals surface area contributed by atoms with Crippen molar-refractivity contribution in [2.45, 2.75) is 26.9 Å². The first-order chi connectivity index (χ1) is 8.20. The summed E-state index contributed by atoms with van der Waals surface area (Å²) in [6.45, 7) is 5.64. The Labute approximate surface area is 106 Å². The molecule has 2 rings (SSSR count). The van der Waals surface area contributed by atoms with E-state index in [1.54, 1.807) is 6.20 Å². The minimum atomic E-state index is 0.547. The van der Waals surface area contributed by atoms with Crippen molar-refractivity contribution in [3.63, 3.8) is 0 Å². The minimum absolute atomic E-state index is 0.547. The number of hydrogen-bond acceptors (Lipinski definition) is 3. The number of aromatic nitrogens is 3. The number of imidazole rings is 1. The summed E-state index contributed by atoms with van der Waals surface area (Å²) in [5, 5.41) is 3.83. The molecule has 2 aromatic rings. The molecular formula is C12H15ClN4. The highest BCUT2D eigenvalue weighted by Gasteiger charge is 2.02. The second kappa shape index (κ2) is 5.19. The fourth-order valence-corrected chi connectivity index (χ4v) is 1.73. The van der Waals surface area contributed by atoms with Crippen LogP contribution in [0, 0.1) is 6.92 Å². The molecule has 0 spiro atoms. The van der Waals surface area contributed by atoms with Crippen molar-refractivity contribution in [1.29, 1.82) is 0 Å². The molecule has 2 aromatic heterocycles. The summed E-state index contributed by atoms with van der Waals surface area (Å²) in [6.07, 6.45) is 5.52. The Hall–Kier alpha value is -1.55. The average Bonchev–Trinajstić information content (AvgIpc) is 2.78. The maximum absolute atomic E-state index is 5.87. The minimum Gasteiger partial charge on any atom is -0.377 e. The SMILES string of the molecule is CCn1ccnc1CNc1cnc(Cl)c(C)c1. The van der Waals surface area contributed by atoms with Crippen LogP contribution in [0.1, 0.15) is 18.3 Å². The molecule has 4 nitrogen and oxygen atoms in total. The highest BCUT2D eigenvalue weighted by molar-refractivity contribution is 6.30. The molecule has 0 aliphatic carbocycles. The third-order valence-electron chi connectivity index (χ3n) is 2.61. The van der Waals surface area contributed by atoms with Gasteiger partial charge in [-0.1, -0.05) is 11.6 Å². The highest BCUT2D eigenvalue weighted by atomic mass is 35.5. The molecule has 0 saturated heterocycles. The topological polar surface area (TPSA) is 42.7 Å². The predicted molar refractivity (Wildman–Crippen MR) is 69.2 cm³/mol. The molecule has 0 aliphatic heterocycles. The normalized spacial score (nSPS) is 10.5. The van der Waals surface area contributed by atoms with Crippen molar-refractivity contribution in [3.8, 4) is 0 Å². The third kappa shape index (κ3) is 2.77. The van der Waals surface area contributed by atoms with E-state index in [0.29, 0.717) is 11.7 Å². The smallest absolute Gasteiger partial charge is 0.132 e. The molecule has 0 fully saturated rings. The molecule has 0 aromatic carbocycles. The number of pyridine rings is 1. The lowest BCUT2D eigenvalue weighted by Crippen LogP contribution is -2.07. The number of hydrogen-bond donors (Lipinski definition) is 1. The second-order valence-electron chi connectivity index (χ2n) is 3.81. The Morgan fingerprint density at radius 2 is 2.24 bits per heavy atom. The maximum Gasteiger partial charge on any atom is 0.132 e. The number of halogens is 1. The lowest BCUT2D eigenvalue weighted by Gasteiger charge is -2.08. The molecule has 2 heterocycles.